The Kier molecular flexibility index (Phi) is 6.54. The fraction of sp³-hybridized carbons (Fsp3) is 0.263. The molecule has 0 saturated heterocycles. The van der Waals surface area contributed by atoms with Crippen molar-refractivity contribution in [1.29, 1.82) is 0 Å². The van der Waals surface area contributed by atoms with E-state index in [1.54, 1.807) is 43.5 Å². The summed E-state index contributed by atoms with van der Waals surface area (Å²) in [6, 6.07) is 14.0. The van der Waals surface area contributed by atoms with Crippen LogP contribution in [-0.2, 0) is 16.1 Å². The van der Waals surface area contributed by atoms with Gasteiger partial charge in [-0.3, -0.25) is 4.79 Å². The van der Waals surface area contributed by atoms with Gasteiger partial charge in [0.15, 0.2) is 6.61 Å². The molecule has 1 amide bonds. The van der Waals surface area contributed by atoms with Crippen LogP contribution >= 0.6 is 0 Å². The summed E-state index contributed by atoms with van der Waals surface area (Å²) >= 11 is 0. The van der Waals surface area contributed by atoms with Crippen LogP contribution in [0.1, 0.15) is 34.5 Å². The number of carboxylic acids is 1. The van der Waals surface area contributed by atoms with Gasteiger partial charge in [-0.1, -0.05) is 24.3 Å². The number of ether oxygens (including phenoxy) is 2. The molecular formula is C19H21NO5. The van der Waals surface area contributed by atoms with Crippen molar-refractivity contribution in [3.8, 4) is 5.75 Å². The van der Waals surface area contributed by atoms with E-state index < -0.39 is 5.97 Å². The summed E-state index contributed by atoms with van der Waals surface area (Å²) < 4.78 is 10.2. The lowest BCUT2D eigenvalue weighted by Gasteiger charge is -2.15. The van der Waals surface area contributed by atoms with Crippen LogP contribution in [0.2, 0.25) is 0 Å². The molecule has 1 atom stereocenters. The van der Waals surface area contributed by atoms with E-state index in [2.05, 4.69) is 5.32 Å². The molecule has 0 bridgehead atoms. The third kappa shape index (κ3) is 5.61. The number of carbonyl (C=O) groups excluding carboxylic acids is 1. The van der Waals surface area contributed by atoms with E-state index >= 15 is 0 Å². The first-order chi connectivity index (χ1) is 12.0. The Bertz CT molecular complexity index is 727. The van der Waals surface area contributed by atoms with Crippen LogP contribution in [0.4, 0.5) is 0 Å². The average Bonchev–Trinajstić information content (AvgIpc) is 2.61. The number of benzene rings is 2. The zero-order valence-electron chi connectivity index (χ0n) is 14.2. The number of nitrogens with one attached hydrogen (secondary N) is 1. The lowest BCUT2D eigenvalue weighted by Crippen LogP contribution is -2.26. The SMILES string of the molecule is COCc1cccc(C(=O)NC(C)c2ccc(OCC(=O)O)cc2)c1. The van der Waals surface area contributed by atoms with Crippen molar-refractivity contribution < 1.29 is 24.2 Å². The van der Waals surface area contributed by atoms with E-state index in [9.17, 15) is 9.59 Å². The summed E-state index contributed by atoms with van der Waals surface area (Å²) in [5, 5.41) is 11.5. The molecule has 0 radical (unpaired) electrons. The number of carboxylic acid groups (broad SMARTS) is 1. The molecule has 0 aromatic heterocycles. The number of amides is 1. The van der Waals surface area contributed by atoms with Crippen molar-refractivity contribution in [2.45, 2.75) is 19.6 Å². The molecule has 0 saturated carbocycles. The molecule has 2 N–H and O–H groups in total. The summed E-state index contributed by atoms with van der Waals surface area (Å²) in [5.41, 5.74) is 2.40. The van der Waals surface area contributed by atoms with Gasteiger partial charge in [-0.05, 0) is 42.3 Å². The van der Waals surface area contributed by atoms with Crippen LogP contribution in [0.25, 0.3) is 0 Å². The van der Waals surface area contributed by atoms with E-state index in [0.29, 0.717) is 17.9 Å². The lowest BCUT2D eigenvalue weighted by atomic mass is 10.1. The Hall–Kier alpha value is -2.86. The second-order valence-corrected chi connectivity index (χ2v) is 5.58. The van der Waals surface area contributed by atoms with Crippen molar-refractivity contribution >= 4 is 11.9 Å². The van der Waals surface area contributed by atoms with Crippen LogP contribution in [0.5, 0.6) is 5.75 Å². The van der Waals surface area contributed by atoms with E-state index in [0.717, 1.165) is 11.1 Å². The highest BCUT2D eigenvalue weighted by Crippen LogP contribution is 2.18. The maximum atomic E-state index is 12.4. The molecule has 2 aromatic carbocycles. The van der Waals surface area contributed by atoms with Crippen LogP contribution in [0.15, 0.2) is 48.5 Å². The van der Waals surface area contributed by atoms with E-state index in [-0.39, 0.29) is 18.6 Å². The van der Waals surface area contributed by atoms with Crippen LogP contribution in [-0.4, -0.2) is 30.7 Å². The predicted octanol–water partition coefficient (Wildman–Crippen LogP) is 2.79. The number of aliphatic carboxylic acids is 1. The molecule has 0 fully saturated rings. The molecule has 0 spiro atoms. The molecular weight excluding hydrogens is 322 g/mol. The topological polar surface area (TPSA) is 84.9 Å². The lowest BCUT2D eigenvalue weighted by molar-refractivity contribution is -0.139. The summed E-state index contributed by atoms with van der Waals surface area (Å²) in [7, 11) is 1.61. The van der Waals surface area contributed by atoms with E-state index in [1.165, 1.54) is 0 Å². The summed E-state index contributed by atoms with van der Waals surface area (Å²) in [6.45, 7) is 1.95. The number of methoxy groups -OCH3 is 1. The Morgan fingerprint density at radius 3 is 2.52 bits per heavy atom. The zero-order valence-corrected chi connectivity index (χ0v) is 14.2. The zero-order chi connectivity index (χ0) is 18.2. The van der Waals surface area contributed by atoms with Crippen molar-refractivity contribution in [3.05, 3.63) is 65.2 Å². The maximum absolute atomic E-state index is 12.4. The molecule has 0 heterocycles. The highest BCUT2D eigenvalue weighted by Gasteiger charge is 2.12. The largest absolute Gasteiger partial charge is 0.482 e. The molecule has 2 aromatic rings. The van der Waals surface area contributed by atoms with Gasteiger partial charge in [-0.2, -0.15) is 0 Å². The first-order valence-corrected chi connectivity index (χ1v) is 7.83. The van der Waals surface area contributed by atoms with Gasteiger partial charge in [0.2, 0.25) is 0 Å². The summed E-state index contributed by atoms with van der Waals surface area (Å²) in [6.07, 6.45) is 0. The first-order valence-electron chi connectivity index (χ1n) is 7.83. The summed E-state index contributed by atoms with van der Waals surface area (Å²) in [5.74, 6) is -0.728. The molecule has 132 valence electrons. The molecule has 6 heteroatoms. The molecule has 2 rings (SSSR count). The van der Waals surface area contributed by atoms with E-state index in [1.807, 2.05) is 19.1 Å². The first kappa shape index (κ1) is 18.5. The smallest absolute Gasteiger partial charge is 0.341 e. The average molecular weight is 343 g/mol. The molecule has 0 aliphatic heterocycles. The molecule has 6 nitrogen and oxygen atoms in total. The van der Waals surface area contributed by atoms with Crippen LogP contribution in [0, 0.1) is 0 Å². The van der Waals surface area contributed by atoms with Crippen LogP contribution < -0.4 is 10.1 Å². The third-order valence-corrected chi connectivity index (χ3v) is 3.59. The number of rotatable bonds is 8. The van der Waals surface area contributed by atoms with Crippen molar-refractivity contribution in [2.75, 3.05) is 13.7 Å². The summed E-state index contributed by atoms with van der Waals surface area (Å²) in [4.78, 5) is 22.9. The fourth-order valence-electron chi connectivity index (χ4n) is 2.33. The number of hydrogen-bond acceptors (Lipinski definition) is 4. The number of carbonyl (C=O) groups is 2. The highest BCUT2D eigenvalue weighted by molar-refractivity contribution is 5.94. The predicted molar refractivity (Wildman–Crippen MR) is 92.6 cm³/mol. The molecule has 25 heavy (non-hydrogen) atoms. The van der Waals surface area contributed by atoms with Crippen molar-refractivity contribution in [2.24, 2.45) is 0 Å². The number of hydrogen-bond donors (Lipinski definition) is 2. The van der Waals surface area contributed by atoms with Crippen molar-refractivity contribution in [1.82, 2.24) is 5.32 Å². The van der Waals surface area contributed by atoms with Gasteiger partial charge in [-0.25, -0.2) is 4.79 Å². The monoisotopic (exact) mass is 343 g/mol. The Balaban J connectivity index is 1.98. The second kappa shape index (κ2) is 8.84. The van der Waals surface area contributed by atoms with Gasteiger partial charge in [0.05, 0.1) is 12.6 Å². The third-order valence-electron chi connectivity index (χ3n) is 3.59. The minimum absolute atomic E-state index is 0.170. The maximum Gasteiger partial charge on any atom is 0.341 e. The minimum Gasteiger partial charge on any atom is -0.482 e. The minimum atomic E-state index is -1.03. The van der Waals surface area contributed by atoms with Crippen LogP contribution in [0.3, 0.4) is 0 Å². The van der Waals surface area contributed by atoms with Gasteiger partial charge < -0.3 is 19.9 Å². The van der Waals surface area contributed by atoms with Gasteiger partial charge in [0.25, 0.3) is 5.91 Å². The Morgan fingerprint density at radius 1 is 1.16 bits per heavy atom. The second-order valence-electron chi connectivity index (χ2n) is 5.58. The molecule has 1 unspecified atom stereocenters. The van der Waals surface area contributed by atoms with Gasteiger partial charge in [0.1, 0.15) is 5.75 Å². The molecule has 0 aliphatic rings. The Morgan fingerprint density at radius 2 is 1.88 bits per heavy atom. The molecule has 0 aliphatic carbocycles. The fourth-order valence-corrected chi connectivity index (χ4v) is 2.33. The van der Waals surface area contributed by atoms with Gasteiger partial charge in [0, 0.05) is 12.7 Å². The van der Waals surface area contributed by atoms with Gasteiger partial charge >= 0.3 is 5.97 Å². The van der Waals surface area contributed by atoms with E-state index in [4.69, 9.17) is 14.6 Å². The highest BCUT2D eigenvalue weighted by atomic mass is 16.5. The van der Waals surface area contributed by atoms with Crippen molar-refractivity contribution in [3.63, 3.8) is 0 Å². The standard InChI is InChI=1S/C19H21NO5/c1-13(15-6-8-17(9-7-15)25-12-18(21)22)20-19(23)16-5-3-4-14(10-16)11-24-2/h3-10,13H,11-12H2,1-2H3,(H,20,23)(H,21,22). The normalized spacial score (nSPS) is 11.6. The quantitative estimate of drug-likeness (QED) is 0.770. The Labute approximate surface area is 146 Å². The van der Waals surface area contributed by atoms with Gasteiger partial charge in [-0.15, -0.1) is 0 Å².